The summed E-state index contributed by atoms with van der Waals surface area (Å²) in [5.74, 6) is 0.183. The number of nitrogens with one attached hydrogen (secondary N) is 1. The molecule has 1 amide bonds. The maximum absolute atomic E-state index is 15.2. The highest BCUT2D eigenvalue weighted by atomic mass is 32.2. The first-order valence-corrected chi connectivity index (χ1v) is 16.3. The molecule has 4 aromatic carbocycles. The molecule has 0 saturated carbocycles. The van der Waals surface area contributed by atoms with E-state index in [9.17, 15) is 13.2 Å². The van der Waals surface area contributed by atoms with E-state index in [4.69, 9.17) is 9.47 Å². The lowest BCUT2D eigenvalue weighted by Gasteiger charge is -2.22. The first kappa shape index (κ1) is 29.5. The van der Waals surface area contributed by atoms with Gasteiger partial charge in [0.2, 0.25) is 0 Å². The van der Waals surface area contributed by atoms with E-state index in [0.717, 1.165) is 45.4 Å². The summed E-state index contributed by atoms with van der Waals surface area (Å²) in [6.45, 7) is 3.40. The van der Waals surface area contributed by atoms with Crippen LogP contribution in [0.2, 0.25) is 0 Å². The van der Waals surface area contributed by atoms with Crippen LogP contribution in [-0.2, 0) is 40.8 Å². The van der Waals surface area contributed by atoms with Gasteiger partial charge in [-0.25, -0.2) is 17.8 Å². The number of H-pyrrole nitrogens is 1. The van der Waals surface area contributed by atoms with Gasteiger partial charge in [0.25, 0.3) is 5.91 Å². The molecule has 0 bridgehead atoms. The van der Waals surface area contributed by atoms with Crippen molar-refractivity contribution in [3.63, 3.8) is 0 Å². The van der Waals surface area contributed by atoms with Crippen LogP contribution in [0.4, 0.5) is 4.39 Å². The second kappa shape index (κ2) is 12.2. The van der Waals surface area contributed by atoms with Crippen LogP contribution in [0.15, 0.2) is 83.8 Å². The third-order valence-corrected chi connectivity index (χ3v) is 8.85. The summed E-state index contributed by atoms with van der Waals surface area (Å²) in [7, 11) is -3.77. The highest BCUT2D eigenvalue weighted by molar-refractivity contribution is 7.90. The molecule has 10 heteroatoms. The number of rotatable bonds is 8. The molecular weight excluding hydrogens is 581 g/mol. The number of aromatic amines is 1. The number of halogens is 1. The molecule has 5 aromatic rings. The molecular formula is C34H32FN3O5S. The van der Waals surface area contributed by atoms with Gasteiger partial charge in [0.15, 0.2) is 9.84 Å². The van der Waals surface area contributed by atoms with Crippen molar-refractivity contribution < 1.29 is 27.1 Å². The number of imidazole rings is 1. The van der Waals surface area contributed by atoms with Gasteiger partial charge in [0.1, 0.15) is 35.5 Å². The Hall–Kier alpha value is -4.54. The average molecular weight is 614 g/mol. The number of aromatic nitrogens is 2. The fourth-order valence-electron chi connectivity index (χ4n) is 5.50. The van der Waals surface area contributed by atoms with Gasteiger partial charge in [0.05, 0.1) is 24.2 Å². The Bertz CT molecular complexity index is 1960. The fourth-order valence-corrected chi connectivity index (χ4v) is 6.26. The second-order valence-corrected chi connectivity index (χ2v) is 12.8. The molecule has 0 aliphatic carbocycles. The average Bonchev–Trinajstić information content (AvgIpc) is 3.29. The normalized spacial score (nSPS) is 13.4. The Morgan fingerprint density at radius 3 is 2.57 bits per heavy atom. The van der Waals surface area contributed by atoms with Crippen molar-refractivity contribution in [1.82, 2.24) is 14.9 Å². The minimum absolute atomic E-state index is 0.0924. The highest BCUT2D eigenvalue weighted by Gasteiger charge is 2.27. The van der Waals surface area contributed by atoms with Crippen molar-refractivity contribution in [2.45, 2.75) is 38.0 Å². The van der Waals surface area contributed by atoms with Crippen LogP contribution in [0, 0.1) is 5.82 Å². The third kappa shape index (κ3) is 6.09. The van der Waals surface area contributed by atoms with Crippen molar-refractivity contribution in [3.05, 3.63) is 113 Å². The molecule has 226 valence electrons. The number of fused-ring (bicyclic) bond motifs is 2. The number of nitrogens with zero attached hydrogens (tertiary/aromatic N) is 2. The van der Waals surface area contributed by atoms with E-state index in [1.165, 1.54) is 12.1 Å². The number of carbonyl (C=O) groups is 1. The molecule has 6 rings (SSSR count). The van der Waals surface area contributed by atoms with Crippen molar-refractivity contribution in [2.24, 2.45) is 0 Å². The first-order valence-electron chi connectivity index (χ1n) is 14.4. The lowest BCUT2D eigenvalue weighted by Crippen LogP contribution is -2.33. The van der Waals surface area contributed by atoms with E-state index < -0.39 is 20.5 Å². The van der Waals surface area contributed by atoms with E-state index in [1.807, 2.05) is 66.7 Å². The van der Waals surface area contributed by atoms with Gasteiger partial charge < -0.3 is 19.4 Å². The molecule has 0 unspecified atom stereocenters. The molecule has 0 spiro atoms. The van der Waals surface area contributed by atoms with Gasteiger partial charge in [-0.2, -0.15) is 0 Å². The van der Waals surface area contributed by atoms with Crippen LogP contribution in [0.25, 0.3) is 22.2 Å². The number of benzene rings is 4. The summed E-state index contributed by atoms with van der Waals surface area (Å²) in [6.07, 6.45) is 1.13. The largest absolute Gasteiger partial charge is 0.491 e. The summed E-state index contributed by atoms with van der Waals surface area (Å²) in [5, 5.41) is 0. The Morgan fingerprint density at radius 1 is 1.02 bits per heavy atom. The first-order chi connectivity index (χ1) is 21.2. The number of ether oxygens (including phenoxy) is 2. The summed E-state index contributed by atoms with van der Waals surface area (Å²) < 4.78 is 51.1. The molecule has 1 aliphatic rings. The number of amides is 1. The minimum Gasteiger partial charge on any atom is -0.491 e. The molecule has 44 heavy (non-hydrogen) atoms. The molecule has 0 saturated heterocycles. The molecule has 0 atom stereocenters. The smallest absolute Gasteiger partial charge is 0.254 e. The Kier molecular flexibility index (Phi) is 8.20. The Morgan fingerprint density at radius 2 is 1.80 bits per heavy atom. The van der Waals surface area contributed by atoms with Gasteiger partial charge in [-0.3, -0.25) is 4.79 Å². The van der Waals surface area contributed by atoms with Crippen LogP contribution in [0.3, 0.4) is 0 Å². The van der Waals surface area contributed by atoms with Crippen molar-refractivity contribution in [2.75, 3.05) is 19.4 Å². The van der Waals surface area contributed by atoms with Gasteiger partial charge in [-0.15, -0.1) is 0 Å². The molecule has 0 radical (unpaired) electrons. The van der Waals surface area contributed by atoms with E-state index in [2.05, 4.69) is 9.97 Å². The Balaban J connectivity index is 1.22. The van der Waals surface area contributed by atoms with E-state index in [0.29, 0.717) is 25.5 Å². The quantitative estimate of drug-likeness (QED) is 0.227. The number of hydrogen-bond acceptors (Lipinski definition) is 6. The zero-order chi connectivity index (χ0) is 30.8. The summed E-state index contributed by atoms with van der Waals surface area (Å²) in [6, 6.07) is 24.4. The standard InChI is InChI=1S/C34H32FN3O5S/c1-3-26-27(11-14-31(33(26)35)44(2,40)41)34(39)38-15-16-43-30-13-10-23(17-25(30)19-38)24-9-12-28-29(18-24)37-32(36-28)21-42-20-22-7-5-4-6-8-22/h4-14,17-18H,3,15-16,19-21H2,1-2H3,(H,36,37). The number of hydrogen-bond donors (Lipinski definition) is 1. The maximum Gasteiger partial charge on any atom is 0.254 e. The summed E-state index contributed by atoms with van der Waals surface area (Å²) >= 11 is 0. The van der Waals surface area contributed by atoms with E-state index in [1.54, 1.807) is 11.8 Å². The van der Waals surface area contributed by atoms with Gasteiger partial charge in [-0.05, 0) is 59.5 Å². The topological polar surface area (TPSA) is 102 Å². The lowest BCUT2D eigenvalue weighted by atomic mass is 10.0. The molecule has 1 aliphatic heterocycles. The monoisotopic (exact) mass is 613 g/mol. The Labute approximate surface area is 255 Å². The lowest BCUT2D eigenvalue weighted by molar-refractivity contribution is 0.0731. The third-order valence-electron chi connectivity index (χ3n) is 7.73. The zero-order valence-corrected chi connectivity index (χ0v) is 25.3. The summed E-state index contributed by atoms with van der Waals surface area (Å²) in [5.41, 5.74) is 5.80. The molecule has 0 fully saturated rings. The van der Waals surface area contributed by atoms with Crippen LogP contribution in [0.1, 0.15) is 39.8 Å². The number of carbonyl (C=O) groups excluding carboxylic acids is 1. The maximum atomic E-state index is 15.2. The fraction of sp³-hybridized carbons (Fsp3) is 0.235. The van der Waals surface area contributed by atoms with Crippen molar-refractivity contribution in [3.8, 4) is 16.9 Å². The summed E-state index contributed by atoms with van der Waals surface area (Å²) in [4.78, 5) is 22.9. The second-order valence-electron chi connectivity index (χ2n) is 10.8. The van der Waals surface area contributed by atoms with E-state index >= 15 is 4.39 Å². The van der Waals surface area contributed by atoms with Crippen LogP contribution >= 0.6 is 0 Å². The predicted octanol–water partition coefficient (Wildman–Crippen LogP) is 6.09. The predicted molar refractivity (Wildman–Crippen MR) is 166 cm³/mol. The van der Waals surface area contributed by atoms with Gasteiger partial charge >= 0.3 is 0 Å². The molecule has 8 nitrogen and oxygen atoms in total. The molecule has 1 N–H and O–H groups in total. The molecule has 2 heterocycles. The zero-order valence-electron chi connectivity index (χ0n) is 24.5. The SMILES string of the molecule is CCc1c(C(=O)N2CCOc3ccc(-c4ccc5nc(COCc6ccccc6)[nH]c5c4)cc3C2)ccc(S(C)(=O)=O)c1F. The highest BCUT2D eigenvalue weighted by Crippen LogP contribution is 2.32. The van der Waals surface area contributed by atoms with Gasteiger partial charge in [-0.1, -0.05) is 49.4 Å². The van der Waals surface area contributed by atoms with Crippen molar-refractivity contribution >= 4 is 26.8 Å². The van der Waals surface area contributed by atoms with E-state index in [-0.39, 0.29) is 36.6 Å². The van der Waals surface area contributed by atoms with Crippen molar-refractivity contribution in [1.29, 1.82) is 0 Å². The van der Waals surface area contributed by atoms with Gasteiger partial charge in [0, 0.05) is 29.5 Å². The molecule has 1 aromatic heterocycles. The van der Waals surface area contributed by atoms with Crippen LogP contribution in [-0.4, -0.2) is 48.6 Å². The minimum atomic E-state index is -3.77. The van der Waals surface area contributed by atoms with Crippen LogP contribution in [0.5, 0.6) is 5.75 Å². The number of sulfone groups is 1. The van der Waals surface area contributed by atoms with Crippen LogP contribution < -0.4 is 4.74 Å².